The van der Waals surface area contributed by atoms with E-state index in [4.69, 9.17) is 10.5 Å². The van der Waals surface area contributed by atoms with Crippen molar-refractivity contribution < 1.29 is 9.53 Å². The van der Waals surface area contributed by atoms with Crippen molar-refractivity contribution in [3.8, 4) is 5.75 Å². The predicted octanol–water partition coefficient (Wildman–Crippen LogP) is 4.04. The van der Waals surface area contributed by atoms with Crippen molar-refractivity contribution in [1.82, 2.24) is 0 Å². The molecule has 24 heavy (non-hydrogen) atoms. The van der Waals surface area contributed by atoms with Gasteiger partial charge in [-0.2, -0.15) is 0 Å². The minimum atomic E-state index is -0.238. The minimum absolute atomic E-state index is 0.112. The van der Waals surface area contributed by atoms with E-state index >= 15 is 0 Å². The number of nitrogens with zero attached hydrogens (tertiary/aromatic N) is 1. The molecule has 1 radical (unpaired) electrons. The number of benzene rings is 1. The Morgan fingerprint density at radius 3 is 2.25 bits per heavy atom. The zero-order valence-electron chi connectivity index (χ0n) is 16.1. The SMILES string of the molecule is C[C](C)CN(CCC(C)C(N)=O)c1ccc(OCC(C)(C)C)cc1. The van der Waals surface area contributed by atoms with E-state index in [1.807, 2.05) is 19.1 Å². The van der Waals surface area contributed by atoms with Crippen LogP contribution in [0.25, 0.3) is 0 Å². The Morgan fingerprint density at radius 2 is 1.79 bits per heavy atom. The highest BCUT2D eigenvalue weighted by Gasteiger charge is 2.15. The molecule has 4 heteroatoms. The molecule has 1 unspecified atom stereocenters. The van der Waals surface area contributed by atoms with E-state index in [0.717, 1.165) is 30.9 Å². The quantitative estimate of drug-likeness (QED) is 0.742. The first kappa shape index (κ1) is 20.3. The molecule has 0 saturated heterocycles. The highest BCUT2D eigenvalue weighted by atomic mass is 16.5. The van der Waals surface area contributed by atoms with Gasteiger partial charge in [0.2, 0.25) is 5.91 Å². The van der Waals surface area contributed by atoms with Gasteiger partial charge in [0.1, 0.15) is 5.75 Å². The standard InChI is InChI=1S/C20H33N2O2/c1-15(2)13-22(12-11-16(3)19(21)23)17-7-9-18(10-8-17)24-14-20(4,5)6/h7-10,16H,11-14H2,1-6H3,(H2,21,23). The van der Waals surface area contributed by atoms with Gasteiger partial charge < -0.3 is 15.4 Å². The van der Waals surface area contributed by atoms with Crippen LogP contribution in [-0.4, -0.2) is 25.6 Å². The molecule has 0 aliphatic carbocycles. The van der Waals surface area contributed by atoms with Crippen LogP contribution < -0.4 is 15.4 Å². The van der Waals surface area contributed by atoms with E-state index in [9.17, 15) is 4.79 Å². The summed E-state index contributed by atoms with van der Waals surface area (Å²) < 4.78 is 5.83. The third-order valence-electron chi connectivity index (χ3n) is 3.70. The van der Waals surface area contributed by atoms with Crippen molar-refractivity contribution in [3.63, 3.8) is 0 Å². The summed E-state index contributed by atoms with van der Waals surface area (Å²) in [6.07, 6.45) is 0.755. The molecule has 0 saturated carbocycles. The minimum Gasteiger partial charge on any atom is -0.493 e. The van der Waals surface area contributed by atoms with Gasteiger partial charge in [0, 0.05) is 24.7 Å². The lowest BCUT2D eigenvalue weighted by molar-refractivity contribution is -0.121. The summed E-state index contributed by atoms with van der Waals surface area (Å²) in [6.45, 7) is 14.9. The number of carbonyl (C=O) groups is 1. The average molecular weight is 333 g/mol. The number of ether oxygens (including phenoxy) is 1. The molecule has 0 fully saturated rings. The lowest BCUT2D eigenvalue weighted by Crippen LogP contribution is -2.31. The van der Waals surface area contributed by atoms with Crippen molar-refractivity contribution in [2.24, 2.45) is 17.1 Å². The molecule has 0 aliphatic heterocycles. The molecule has 0 spiro atoms. The fourth-order valence-corrected chi connectivity index (χ4v) is 2.23. The molecule has 2 N–H and O–H groups in total. The Bertz CT molecular complexity index is 503. The second-order valence-corrected chi connectivity index (χ2v) is 8.06. The van der Waals surface area contributed by atoms with Crippen LogP contribution in [0, 0.1) is 17.3 Å². The van der Waals surface area contributed by atoms with Crippen LogP contribution in [0.2, 0.25) is 0 Å². The lowest BCUT2D eigenvalue weighted by Gasteiger charge is -2.28. The Balaban J connectivity index is 2.73. The molecule has 0 bridgehead atoms. The molecule has 1 rings (SSSR count). The van der Waals surface area contributed by atoms with Crippen molar-refractivity contribution in [2.45, 2.75) is 48.0 Å². The maximum Gasteiger partial charge on any atom is 0.220 e. The number of hydrogen-bond acceptors (Lipinski definition) is 3. The third kappa shape index (κ3) is 7.71. The Labute approximate surface area is 147 Å². The molecule has 135 valence electrons. The fraction of sp³-hybridized carbons (Fsp3) is 0.600. The normalized spacial score (nSPS) is 13.0. The first-order valence-corrected chi connectivity index (χ1v) is 8.64. The highest BCUT2D eigenvalue weighted by molar-refractivity contribution is 5.76. The van der Waals surface area contributed by atoms with E-state index < -0.39 is 0 Å². The number of hydrogen-bond donors (Lipinski definition) is 1. The molecule has 0 aromatic heterocycles. The van der Waals surface area contributed by atoms with E-state index in [1.165, 1.54) is 5.92 Å². The van der Waals surface area contributed by atoms with Crippen LogP contribution in [0.1, 0.15) is 48.0 Å². The van der Waals surface area contributed by atoms with Crippen LogP contribution in [-0.2, 0) is 4.79 Å². The second kappa shape index (κ2) is 8.95. The highest BCUT2D eigenvalue weighted by Crippen LogP contribution is 2.23. The van der Waals surface area contributed by atoms with Crippen molar-refractivity contribution in [1.29, 1.82) is 0 Å². The van der Waals surface area contributed by atoms with Gasteiger partial charge in [0.15, 0.2) is 0 Å². The molecule has 4 nitrogen and oxygen atoms in total. The van der Waals surface area contributed by atoms with Gasteiger partial charge >= 0.3 is 0 Å². The van der Waals surface area contributed by atoms with E-state index in [1.54, 1.807) is 0 Å². The summed E-state index contributed by atoms with van der Waals surface area (Å²) in [4.78, 5) is 13.5. The van der Waals surface area contributed by atoms with Crippen LogP contribution in [0.5, 0.6) is 5.75 Å². The first-order valence-electron chi connectivity index (χ1n) is 8.64. The van der Waals surface area contributed by atoms with Gasteiger partial charge in [-0.25, -0.2) is 0 Å². The van der Waals surface area contributed by atoms with E-state index in [2.05, 4.69) is 51.7 Å². The largest absolute Gasteiger partial charge is 0.493 e. The number of carbonyl (C=O) groups excluding carboxylic acids is 1. The molecule has 1 atom stereocenters. The summed E-state index contributed by atoms with van der Waals surface area (Å²) in [5.74, 6) is 1.86. The molecular formula is C20H33N2O2. The summed E-state index contributed by atoms with van der Waals surface area (Å²) >= 11 is 0. The summed E-state index contributed by atoms with van der Waals surface area (Å²) in [7, 11) is 0. The molecule has 0 heterocycles. The van der Waals surface area contributed by atoms with Crippen LogP contribution in [0.3, 0.4) is 0 Å². The monoisotopic (exact) mass is 333 g/mol. The van der Waals surface area contributed by atoms with Gasteiger partial charge in [0.05, 0.1) is 6.61 Å². The molecule has 1 aromatic carbocycles. The summed E-state index contributed by atoms with van der Waals surface area (Å²) in [5.41, 5.74) is 6.65. The van der Waals surface area contributed by atoms with Gasteiger partial charge in [-0.15, -0.1) is 0 Å². The van der Waals surface area contributed by atoms with Crippen molar-refractivity contribution >= 4 is 11.6 Å². The predicted molar refractivity (Wildman–Crippen MR) is 101 cm³/mol. The maximum absolute atomic E-state index is 11.3. The van der Waals surface area contributed by atoms with Gasteiger partial charge in [-0.3, -0.25) is 4.79 Å². The zero-order valence-corrected chi connectivity index (χ0v) is 16.1. The second-order valence-electron chi connectivity index (χ2n) is 8.06. The van der Waals surface area contributed by atoms with Crippen molar-refractivity contribution in [3.05, 3.63) is 30.2 Å². The van der Waals surface area contributed by atoms with Crippen LogP contribution >= 0.6 is 0 Å². The number of rotatable bonds is 9. The number of primary amides is 1. The molecule has 1 aromatic rings. The fourth-order valence-electron chi connectivity index (χ4n) is 2.23. The van der Waals surface area contributed by atoms with Crippen molar-refractivity contribution in [2.75, 3.05) is 24.6 Å². The smallest absolute Gasteiger partial charge is 0.220 e. The Hall–Kier alpha value is -1.71. The molecule has 0 aliphatic rings. The van der Waals surface area contributed by atoms with Crippen LogP contribution in [0.15, 0.2) is 24.3 Å². The zero-order chi connectivity index (χ0) is 18.3. The molecular weight excluding hydrogens is 300 g/mol. The van der Waals surface area contributed by atoms with Crippen LogP contribution in [0.4, 0.5) is 5.69 Å². The van der Waals surface area contributed by atoms with Gasteiger partial charge in [0.25, 0.3) is 0 Å². The number of anilines is 1. The van der Waals surface area contributed by atoms with E-state index in [0.29, 0.717) is 6.61 Å². The Morgan fingerprint density at radius 1 is 1.21 bits per heavy atom. The average Bonchev–Trinajstić information content (AvgIpc) is 2.48. The van der Waals surface area contributed by atoms with E-state index in [-0.39, 0.29) is 17.2 Å². The Kier molecular flexibility index (Phi) is 7.59. The summed E-state index contributed by atoms with van der Waals surface area (Å²) in [6, 6.07) is 8.18. The molecule has 1 amide bonds. The van der Waals surface area contributed by atoms with Gasteiger partial charge in [-0.1, -0.05) is 41.5 Å². The number of amides is 1. The summed E-state index contributed by atoms with van der Waals surface area (Å²) in [5, 5.41) is 0. The topological polar surface area (TPSA) is 55.6 Å². The van der Waals surface area contributed by atoms with Gasteiger partial charge in [-0.05, 0) is 42.0 Å². The third-order valence-corrected chi connectivity index (χ3v) is 3.70. The maximum atomic E-state index is 11.3. The first-order chi connectivity index (χ1) is 11.1. The number of nitrogens with two attached hydrogens (primary N) is 1. The lowest BCUT2D eigenvalue weighted by atomic mass is 9.99.